The Morgan fingerprint density at radius 3 is 2.68 bits per heavy atom. The second-order valence-corrected chi connectivity index (χ2v) is 8.24. The first-order chi connectivity index (χ1) is 15.2. The van der Waals surface area contributed by atoms with E-state index in [0.29, 0.717) is 13.2 Å². The number of piperidine rings is 1. The highest BCUT2D eigenvalue weighted by Crippen LogP contribution is 2.31. The molecule has 1 aliphatic rings. The molecule has 1 aliphatic heterocycles. The molecule has 3 aromatic rings. The minimum Gasteiger partial charge on any atom is -0.493 e. The molecule has 0 amide bonds. The first-order valence-corrected chi connectivity index (χ1v) is 11.3. The molecule has 5 nitrogen and oxygen atoms in total. The second kappa shape index (κ2) is 10.0. The van der Waals surface area contributed by atoms with Gasteiger partial charge in [0.25, 0.3) is 0 Å². The van der Waals surface area contributed by atoms with Gasteiger partial charge in [-0.1, -0.05) is 31.5 Å². The molecule has 0 radical (unpaired) electrons. The summed E-state index contributed by atoms with van der Waals surface area (Å²) in [7, 11) is 0. The summed E-state index contributed by atoms with van der Waals surface area (Å²) in [5, 5.41) is 10.8. The van der Waals surface area contributed by atoms with Crippen molar-refractivity contribution in [2.75, 3.05) is 24.6 Å². The molecule has 1 aromatic heterocycles. The van der Waals surface area contributed by atoms with E-state index in [9.17, 15) is 5.11 Å². The summed E-state index contributed by atoms with van der Waals surface area (Å²) >= 11 is 0. The number of hydrogen-bond donors (Lipinski definition) is 1. The van der Waals surface area contributed by atoms with Crippen LogP contribution in [0.1, 0.15) is 43.9 Å². The zero-order valence-electron chi connectivity index (χ0n) is 18.5. The quantitative estimate of drug-likeness (QED) is 0.504. The third kappa shape index (κ3) is 5.10. The Labute approximate surface area is 184 Å². The number of fused-ring (bicyclic) bond motifs is 1. The number of anilines is 1. The van der Waals surface area contributed by atoms with Crippen molar-refractivity contribution in [3.05, 3.63) is 59.8 Å². The highest BCUT2D eigenvalue weighted by molar-refractivity contribution is 5.86. The van der Waals surface area contributed by atoms with Crippen LogP contribution in [-0.2, 0) is 6.61 Å². The van der Waals surface area contributed by atoms with Crippen molar-refractivity contribution in [2.24, 2.45) is 0 Å². The predicted molar refractivity (Wildman–Crippen MR) is 125 cm³/mol. The van der Waals surface area contributed by atoms with Crippen molar-refractivity contribution in [3.63, 3.8) is 0 Å². The lowest BCUT2D eigenvalue weighted by atomic mass is 10.1. The fourth-order valence-corrected chi connectivity index (χ4v) is 4.02. The highest BCUT2D eigenvalue weighted by atomic mass is 16.5. The lowest BCUT2D eigenvalue weighted by Gasteiger charge is -2.31. The number of para-hydroxylation sites is 1. The Balaban J connectivity index is 1.52. The van der Waals surface area contributed by atoms with Gasteiger partial charge in [-0.25, -0.2) is 4.98 Å². The van der Waals surface area contributed by atoms with Crippen LogP contribution in [0.15, 0.2) is 48.5 Å². The van der Waals surface area contributed by atoms with Gasteiger partial charge in [-0.2, -0.15) is 0 Å². The monoisotopic (exact) mass is 420 g/mol. The SMILES string of the molecule is CCCCOc1c(C)c(COc2cccc(N3CCC(O)CC3)c2)nc2ccccc12. The minimum atomic E-state index is -0.175. The number of pyridine rings is 1. The number of aliphatic hydroxyl groups is 1. The van der Waals surface area contributed by atoms with Gasteiger partial charge < -0.3 is 19.5 Å². The number of unbranched alkanes of at least 4 members (excludes halogenated alkanes) is 1. The fourth-order valence-electron chi connectivity index (χ4n) is 4.02. The average molecular weight is 421 g/mol. The molecule has 0 atom stereocenters. The summed E-state index contributed by atoms with van der Waals surface area (Å²) in [5.74, 6) is 1.74. The van der Waals surface area contributed by atoms with Crippen LogP contribution in [0.25, 0.3) is 10.9 Å². The van der Waals surface area contributed by atoms with Crippen LogP contribution in [-0.4, -0.2) is 35.9 Å². The van der Waals surface area contributed by atoms with Gasteiger partial charge in [0.05, 0.1) is 23.9 Å². The van der Waals surface area contributed by atoms with E-state index < -0.39 is 0 Å². The van der Waals surface area contributed by atoms with Crippen LogP contribution in [0, 0.1) is 6.92 Å². The van der Waals surface area contributed by atoms with Crippen LogP contribution >= 0.6 is 0 Å². The summed E-state index contributed by atoms with van der Waals surface area (Å²) in [5.41, 5.74) is 4.00. The van der Waals surface area contributed by atoms with Gasteiger partial charge in [0.15, 0.2) is 0 Å². The molecule has 5 heteroatoms. The molecular formula is C26H32N2O3. The molecule has 2 heterocycles. The molecule has 1 fully saturated rings. The van der Waals surface area contributed by atoms with Gasteiger partial charge in [0, 0.05) is 35.8 Å². The van der Waals surface area contributed by atoms with Gasteiger partial charge in [-0.3, -0.25) is 0 Å². The number of benzene rings is 2. The molecule has 0 unspecified atom stereocenters. The Morgan fingerprint density at radius 1 is 1.06 bits per heavy atom. The molecule has 1 saturated heterocycles. The second-order valence-electron chi connectivity index (χ2n) is 8.24. The number of rotatable bonds is 8. The maximum atomic E-state index is 9.76. The van der Waals surface area contributed by atoms with Crippen molar-refractivity contribution in [1.29, 1.82) is 0 Å². The number of ether oxygens (including phenoxy) is 2. The van der Waals surface area contributed by atoms with Gasteiger partial charge in [0.2, 0.25) is 0 Å². The molecule has 164 valence electrons. The molecule has 2 aromatic carbocycles. The van der Waals surface area contributed by atoms with E-state index in [-0.39, 0.29) is 6.10 Å². The summed E-state index contributed by atoms with van der Waals surface area (Å²) in [4.78, 5) is 7.16. The van der Waals surface area contributed by atoms with Crippen molar-refractivity contribution < 1.29 is 14.6 Å². The Kier molecular flexibility index (Phi) is 6.92. The predicted octanol–water partition coefficient (Wildman–Crippen LogP) is 5.26. The largest absolute Gasteiger partial charge is 0.493 e. The van der Waals surface area contributed by atoms with Crippen LogP contribution in [0.2, 0.25) is 0 Å². The maximum absolute atomic E-state index is 9.76. The van der Waals surface area contributed by atoms with Crippen molar-refractivity contribution in [2.45, 2.75) is 52.2 Å². The summed E-state index contributed by atoms with van der Waals surface area (Å²) in [6.45, 7) is 7.07. The first kappa shape index (κ1) is 21.4. The molecule has 4 rings (SSSR count). The topological polar surface area (TPSA) is 54.8 Å². The molecular weight excluding hydrogens is 388 g/mol. The van der Waals surface area contributed by atoms with Crippen LogP contribution in [0.3, 0.4) is 0 Å². The molecule has 31 heavy (non-hydrogen) atoms. The van der Waals surface area contributed by atoms with Gasteiger partial charge >= 0.3 is 0 Å². The van der Waals surface area contributed by atoms with E-state index in [2.05, 4.69) is 36.9 Å². The molecule has 0 bridgehead atoms. The van der Waals surface area contributed by atoms with Crippen molar-refractivity contribution >= 4 is 16.6 Å². The highest BCUT2D eigenvalue weighted by Gasteiger charge is 2.18. The molecule has 0 saturated carbocycles. The Bertz CT molecular complexity index is 1010. The lowest BCUT2D eigenvalue weighted by Crippen LogP contribution is -2.35. The zero-order valence-corrected chi connectivity index (χ0v) is 18.5. The van der Waals surface area contributed by atoms with Crippen molar-refractivity contribution in [1.82, 2.24) is 4.98 Å². The van der Waals surface area contributed by atoms with E-state index in [1.54, 1.807) is 0 Å². The summed E-state index contributed by atoms with van der Waals surface area (Å²) in [6, 6.07) is 16.3. The van der Waals surface area contributed by atoms with Crippen LogP contribution in [0.5, 0.6) is 11.5 Å². The van der Waals surface area contributed by atoms with Gasteiger partial charge in [0.1, 0.15) is 18.1 Å². The van der Waals surface area contributed by atoms with E-state index in [1.165, 1.54) is 0 Å². The normalized spacial score (nSPS) is 14.7. The number of hydrogen-bond acceptors (Lipinski definition) is 5. The summed E-state index contributed by atoms with van der Waals surface area (Å²) in [6.07, 6.45) is 3.58. The average Bonchev–Trinajstić information content (AvgIpc) is 2.80. The molecule has 1 N–H and O–H groups in total. The third-order valence-electron chi connectivity index (χ3n) is 5.94. The van der Waals surface area contributed by atoms with Crippen molar-refractivity contribution in [3.8, 4) is 11.5 Å². The van der Waals surface area contributed by atoms with E-state index in [1.807, 2.05) is 30.3 Å². The van der Waals surface area contributed by atoms with Gasteiger partial charge in [-0.05, 0) is 50.5 Å². The minimum absolute atomic E-state index is 0.175. The Hall–Kier alpha value is -2.79. The van der Waals surface area contributed by atoms with E-state index >= 15 is 0 Å². The smallest absolute Gasteiger partial charge is 0.133 e. The molecule has 0 spiro atoms. The first-order valence-electron chi connectivity index (χ1n) is 11.3. The van der Waals surface area contributed by atoms with E-state index in [4.69, 9.17) is 14.5 Å². The zero-order chi connectivity index (χ0) is 21.6. The van der Waals surface area contributed by atoms with Gasteiger partial charge in [-0.15, -0.1) is 0 Å². The maximum Gasteiger partial charge on any atom is 0.133 e. The number of nitrogens with zero attached hydrogens (tertiary/aromatic N) is 2. The third-order valence-corrected chi connectivity index (χ3v) is 5.94. The standard InChI is InChI=1S/C26H32N2O3/c1-3-4-16-30-26-19(2)25(27-24-11-6-5-10-23(24)26)18-31-22-9-7-8-20(17-22)28-14-12-21(29)13-15-28/h5-11,17,21,29H,3-4,12-16,18H2,1-2H3. The van der Waals surface area contributed by atoms with E-state index in [0.717, 1.165) is 78.1 Å². The molecule has 0 aliphatic carbocycles. The number of aromatic nitrogens is 1. The lowest BCUT2D eigenvalue weighted by molar-refractivity contribution is 0.145. The van der Waals surface area contributed by atoms with Crippen LogP contribution < -0.4 is 14.4 Å². The number of aliphatic hydroxyl groups excluding tert-OH is 1. The Morgan fingerprint density at radius 2 is 1.87 bits per heavy atom. The summed E-state index contributed by atoms with van der Waals surface area (Å²) < 4.78 is 12.3. The van der Waals surface area contributed by atoms with Crippen LogP contribution in [0.4, 0.5) is 5.69 Å². The fraction of sp³-hybridized carbons (Fsp3) is 0.423.